The van der Waals surface area contributed by atoms with E-state index in [9.17, 15) is 4.79 Å². The van der Waals surface area contributed by atoms with Gasteiger partial charge in [-0.05, 0) is 37.8 Å². The molecule has 0 unspecified atom stereocenters. The van der Waals surface area contributed by atoms with Crippen molar-refractivity contribution in [2.75, 3.05) is 0 Å². The van der Waals surface area contributed by atoms with Crippen LogP contribution in [0.5, 0.6) is 0 Å². The smallest absolute Gasteiger partial charge is 0.274 e. The second kappa shape index (κ2) is 7.13. The van der Waals surface area contributed by atoms with Gasteiger partial charge < -0.3 is 0 Å². The number of rotatable bonds is 7. The van der Waals surface area contributed by atoms with Crippen molar-refractivity contribution < 1.29 is 0 Å². The quantitative estimate of drug-likeness (QED) is 0.816. The van der Waals surface area contributed by atoms with Gasteiger partial charge in [-0.25, -0.2) is 4.68 Å². The average molecular weight is 272 g/mol. The fraction of sp³-hybridized carbons (Fsp3) is 0.471. The van der Waals surface area contributed by atoms with E-state index in [0.717, 1.165) is 55.5 Å². The highest BCUT2D eigenvalue weighted by Gasteiger charge is 2.14. The highest BCUT2D eigenvalue weighted by Crippen LogP contribution is 2.12. The van der Waals surface area contributed by atoms with Crippen molar-refractivity contribution in [2.45, 2.75) is 52.4 Å². The molecule has 0 radical (unpaired) electrons. The largest absolute Gasteiger partial charge is 0.295 e. The summed E-state index contributed by atoms with van der Waals surface area (Å²) in [6.45, 7) is 4.34. The highest BCUT2D eigenvalue weighted by molar-refractivity contribution is 5.33. The predicted molar refractivity (Wildman–Crippen MR) is 83.6 cm³/mol. The molecule has 0 bridgehead atoms. The second-order valence-corrected chi connectivity index (χ2v) is 5.25. The molecule has 0 fully saturated rings. The van der Waals surface area contributed by atoms with E-state index in [1.165, 1.54) is 0 Å². The lowest BCUT2D eigenvalue weighted by atomic mass is 10.1. The van der Waals surface area contributed by atoms with Gasteiger partial charge in [0.2, 0.25) is 0 Å². The van der Waals surface area contributed by atoms with Crippen molar-refractivity contribution in [3.8, 4) is 5.69 Å². The first-order chi connectivity index (χ1) is 9.77. The normalized spacial score (nSPS) is 10.9. The third-order valence-corrected chi connectivity index (χ3v) is 3.65. The number of aryl methyl sites for hydroxylation is 1. The third-order valence-electron chi connectivity index (χ3n) is 3.65. The molecular formula is C17H24N2O. The van der Waals surface area contributed by atoms with Crippen LogP contribution in [0.1, 0.15) is 50.8 Å². The van der Waals surface area contributed by atoms with Gasteiger partial charge in [0.15, 0.2) is 0 Å². The van der Waals surface area contributed by atoms with E-state index in [2.05, 4.69) is 18.9 Å². The Morgan fingerprint density at radius 1 is 1.00 bits per heavy atom. The van der Waals surface area contributed by atoms with Crippen molar-refractivity contribution in [3.05, 3.63) is 51.9 Å². The van der Waals surface area contributed by atoms with Gasteiger partial charge in [-0.2, -0.15) is 0 Å². The second-order valence-electron chi connectivity index (χ2n) is 5.25. The minimum atomic E-state index is 0.121. The van der Waals surface area contributed by atoms with Gasteiger partial charge in [0.25, 0.3) is 5.56 Å². The summed E-state index contributed by atoms with van der Waals surface area (Å²) in [6.07, 6.45) is 6.29. The molecule has 2 aromatic rings. The minimum Gasteiger partial charge on any atom is -0.295 e. The van der Waals surface area contributed by atoms with Crippen LogP contribution in [0.2, 0.25) is 0 Å². The average Bonchev–Trinajstić information content (AvgIpc) is 2.80. The third kappa shape index (κ3) is 3.21. The number of hydrogen-bond donors (Lipinski definition) is 1. The summed E-state index contributed by atoms with van der Waals surface area (Å²) >= 11 is 0. The van der Waals surface area contributed by atoms with Crippen LogP contribution in [0.15, 0.2) is 35.1 Å². The lowest BCUT2D eigenvalue weighted by Gasteiger charge is -2.01. The topological polar surface area (TPSA) is 37.8 Å². The molecule has 2 rings (SSSR count). The minimum absolute atomic E-state index is 0.121. The number of para-hydroxylation sites is 1. The van der Waals surface area contributed by atoms with E-state index >= 15 is 0 Å². The number of aromatic nitrogens is 2. The van der Waals surface area contributed by atoms with Gasteiger partial charge in [0.05, 0.1) is 5.69 Å². The molecule has 3 nitrogen and oxygen atoms in total. The lowest BCUT2D eigenvalue weighted by Crippen LogP contribution is -2.17. The SMILES string of the molecule is CCCCc1[nH]n(-c2ccccc2)c(=O)c1CCCC. The standard InChI is InChI=1S/C17H24N2O/c1-3-5-12-15-16(13-6-4-2)18-19(17(15)20)14-10-8-7-9-11-14/h7-11,18H,3-6,12-13H2,1-2H3. The van der Waals surface area contributed by atoms with Gasteiger partial charge in [-0.15, -0.1) is 0 Å². The Morgan fingerprint density at radius 3 is 2.30 bits per heavy atom. The molecule has 1 aromatic heterocycles. The maximum absolute atomic E-state index is 12.6. The maximum Gasteiger partial charge on any atom is 0.274 e. The number of H-pyrrole nitrogens is 1. The van der Waals surface area contributed by atoms with E-state index in [1.807, 2.05) is 30.3 Å². The molecular weight excluding hydrogens is 248 g/mol. The zero-order valence-corrected chi connectivity index (χ0v) is 12.5. The van der Waals surface area contributed by atoms with Crippen LogP contribution in [0, 0.1) is 0 Å². The molecule has 0 spiro atoms. The van der Waals surface area contributed by atoms with Crippen molar-refractivity contribution >= 4 is 0 Å². The molecule has 0 saturated heterocycles. The molecule has 20 heavy (non-hydrogen) atoms. The Labute approximate surface area is 120 Å². The fourth-order valence-electron chi connectivity index (χ4n) is 2.45. The van der Waals surface area contributed by atoms with E-state index in [-0.39, 0.29) is 5.56 Å². The Kier molecular flexibility index (Phi) is 5.22. The van der Waals surface area contributed by atoms with Crippen molar-refractivity contribution in [3.63, 3.8) is 0 Å². The summed E-state index contributed by atoms with van der Waals surface area (Å²) in [5.74, 6) is 0. The first-order valence-corrected chi connectivity index (χ1v) is 7.66. The van der Waals surface area contributed by atoms with Crippen LogP contribution in [0.25, 0.3) is 5.69 Å². The van der Waals surface area contributed by atoms with Gasteiger partial charge >= 0.3 is 0 Å². The summed E-state index contributed by atoms with van der Waals surface area (Å²) < 4.78 is 1.69. The first-order valence-electron chi connectivity index (χ1n) is 7.66. The van der Waals surface area contributed by atoms with Crippen LogP contribution in [0.4, 0.5) is 0 Å². The molecule has 108 valence electrons. The molecule has 1 N–H and O–H groups in total. The zero-order chi connectivity index (χ0) is 14.4. The van der Waals surface area contributed by atoms with Crippen molar-refractivity contribution in [1.82, 2.24) is 9.78 Å². The Hall–Kier alpha value is -1.77. The van der Waals surface area contributed by atoms with Crippen LogP contribution in [-0.4, -0.2) is 9.78 Å². The molecule has 1 aromatic carbocycles. The molecule has 0 aliphatic rings. The molecule has 0 saturated carbocycles. The van der Waals surface area contributed by atoms with Gasteiger partial charge in [-0.3, -0.25) is 9.89 Å². The number of unbranched alkanes of at least 4 members (excludes halogenated alkanes) is 2. The van der Waals surface area contributed by atoms with Gasteiger partial charge in [0.1, 0.15) is 0 Å². The van der Waals surface area contributed by atoms with Crippen LogP contribution in [0.3, 0.4) is 0 Å². The van der Waals surface area contributed by atoms with Crippen LogP contribution in [-0.2, 0) is 12.8 Å². The van der Waals surface area contributed by atoms with Gasteiger partial charge in [-0.1, -0.05) is 44.9 Å². The Morgan fingerprint density at radius 2 is 1.65 bits per heavy atom. The molecule has 0 atom stereocenters. The van der Waals surface area contributed by atoms with E-state index in [1.54, 1.807) is 4.68 Å². The van der Waals surface area contributed by atoms with Gasteiger partial charge in [0, 0.05) is 11.3 Å². The lowest BCUT2D eigenvalue weighted by molar-refractivity contribution is 0.737. The molecule has 1 heterocycles. The predicted octanol–water partition coefficient (Wildman–Crippen LogP) is 3.85. The molecule has 3 heteroatoms. The first kappa shape index (κ1) is 14.6. The highest BCUT2D eigenvalue weighted by atomic mass is 16.1. The Bertz CT molecular complexity index is 581. The summed E-state index contributed by atoms with van der Waals surface area (Å²) in [4.78, 5) is 12.6. The van der Waals surface area contributed by atoms with E-state index in [4.69, 9.17) is 0 Å². The number of nitrogens with zero attached hydrogens (tertiary/aromatic N) is 1. The van der Waals surface area contributed by atoms with Crippen molar-refractivity contribution in [2.24, 2.45) is 0 Å². The van der Waals surface area contributed by atoms with E-state index in [0.29, 0.717) is 0 Å². The monoisotopic (exact) mass is 272 g/mol. The fourth-order valence-corrected chi connectivity index (χ4v) is 2.45. The summed E-state index contributed by atoms with van der Waals surface area (Å²) in [7, 11) is 0. The van der Waals surface area contributed by atoms with Crippen molar-refractivity contribution in [1.29, 1.82) is 0 Å². The van der Waals surface area contributed by atoms with E-state index < -0.39 is 0 Å². The number of hydrogen-bond acceptors (Lipinski definition) is 1. The summed E-state index contributed by atoms with van der Waals surface area (Å²) in [5, 5.41) is 3.31. The molecule has 0 aliphatic carbocycles. The van der Waals surface area contributed by atoms with Crippen LogP contribution < -0.4 is 5.56 Å². The molecule has 0 amide bonds. The maximum atomic E-state index is 12.6. The summed E-state index contributed by atoms with van der Waals surface area (Å²) in [5.41, 5.74) is 3.13. The van der Waals surface area contributed by atoms with Crippen LogP contribution >= 0.6 is 0 Å². The number of nitrogens with one attached hydrogen (secondary N) is 1. The summed E-state index contributed by atoms with van der Waals surface area (Å²) in [6, 6.07) is 9.81. The number of aromatic amines is 1. The Balaban J connectivity index is 2.38. The zero-order valence-electron chi connectivity index (χ0n) is 12.5. The number of benzene rings is 1. The molecule has 0 aliphatic heterocycles.